The number of hydrazone groups is 1. The fourth-order valence-corrected chi connectivity index (χ4v) is 2.26. The van der Waals surface area contributed by atoms with Gasteiger partial charge in [-0.3, -0.25) is 10.4 Å². The Morgan fingerprint density at radius 3 is 2.96 bits per heavy atom. The zero-order chi connectivity index (χ0) is 16.4. The number of nitrogens with zero attached hydrogens (tertiary/aromatic N) is 5. The molecule has 0 spiro atoms. The molecule has 0 bridgehead atoms. The molecule has 23 heavy (non-hydrogen) atoms. The zero-order valence-corrected chi connectivity index (χ0v) is 12.7. The summed E-state index contributed by atoms with van der Waals surface area (Å²) < 4.78 is 1.34. The van der Waals surface area contributed by atoms with E-state index < -0.39 is 4.92 Å². The molecule has 2 aromatic heterocycles. The number of anilines is 1. The maximum absolute atomic E-state index is 10.7. The highest BCUT2D eigenvalue weighted by molar-refractivity contribution is 6.31. The molecule has 0 unspecified atom stereocenters. The number of rotatable bonds is 4. The van der Waals surface area contributed by atoms with Crippen molar-refractivity contribution >= 4 is 40.4 Å². The highest BCUT2D eigenvalue weighted by atomic mass is 35.5. The SMILES string of the molecule is Cn1c(C=NNc2ccnc3cc(Cl)ccc23)cnc1[N+](=O)[O-]. The van der Waals surface area contributed by atoms with Gasteiger partial charge in [-0.2, -0.15) is 5.10 Å². The maximum Gasteiger partial charge on any atom is 0.434 e. The van der Waals surface area contributed by atoms with Crippen LogP contribution in [0, 0.1) is 10.1 Å². The van der Waals surface area contributed by atoms with Crippen LogP contribution < -0.4 is 5.43 Å². The first-order chi connectivity index (χ1) is 11.1. The van der Waals surface area contributed by atoms with E-state index in [1.54, 1.807) is 31.4 Å². The second-order valence-corrected chi connectivity index (χ2v) is 5.13. The molecule has 0 aliphatic carbocycles. The average Bonchev–Trinajstić information content (AvgIpc) is 2.88. The lowest BCUT2D eigenvalue weighted by atomic mass is 10.2. The molecule has 0 atom stereocenters. The first-order valence-electron chi connectivity index (χ1n) is 6.55. The third-order valence-electron chi connectivity index (χ3n) is 3.25. The molecule has 0 amide bonds. The van der Waals surface area contributed by atoms with E-state index in [-0.39, 0.29) is 5.95 Å². The number of benzene rings is 1. The van der Waals surface area contributed by atoms with E-state index in [1.165, 1.54) is 17.0 Å². The molecular formula is C14H11ClN6O2. The van der Waals surface area contributed by atoms with Gasteiger partial charge in [0.25, 0.3) is 0 Å². The number of fused-ring (bicyclic) bond motifs is 1. The molecule has 1 aromatic carbocycles. The minimum Gasteiger partial charge on any atom is -0.390 e. The molecule has 8 nitrogen and oxygen atoms in total. The molecular weight excluding hydrogens is 320 g/mol. The number of pyridine rings is 1. The summed E-state index contributed by atoms with van der Waals surface area (Å²) >= 11 is 5.95. The lowest BCUT2D eigenvalue weighted by Gasteiger charge is -2.05. The average molecular weight is 331 g/mol. The van der Waals surface area contributed by atoms with Gasteiger partial charge in [0.05, 0.1) is 24.5 Å². The standard InChI is InChI=1S/C14H11ClN6O2/c1-20-10(7-17-14(20)21(22)23)8-18-19-12-4-5-16-13-6-9(15)2-3-11(12)13/h2-8H,1H3,(H,16,19). The van der Waals surface area contributed by atoms with E-state index in [4.69, 9.17) is 11.6 Å². The van der Waals surface area contributed by atoms with E-state index >= 15 is 0 Å². The van der Waals surface area contributed by atoms with E-state index in [0.717, 1.165) is 16.6 Å². The van der Waals surface area contributed by atoms with E-state index in [0.29, 0.717) is 10.7 Å². The Balaban J connectivity index is 1.85. The van der Waals surface area contributed by atoms with Crippen LogP contribution in [0.3, 0.4) is 0 Å². The summed E-state index contributed by atoms with van der Waals surface area (Å²) in [5.74, 6) is -0.240. The summed E-state index contributed by atoms with van der Waals surface area (Å²) in [6, 6.07) is 7.15. The van der Waals surface area contributed by atoms with Gasteiger partial charge in [0.15, 0.2) is 5.69 Å². The van der Waals surface area contributed by atoms with Crippen molar-refractivity contribution in [2.24, 2.45) is 12.1 Å². The largest absolute Gasteiger partial charge is 0.434 e. The molecule has 3 aromatic rings. The molecule has 0 aliphatic rings. The van der Waals surface area contributed by atoms with Crippen LogP contribution in [-0.2, 0) is 7.05 Å². The predicted octanol–water partition coefficient (Wildman–Crippen LogP) is 2.98. The first kappa shape index (κ1) is 14.9. The minimum atomic E-state index is -0.551. The van der Waals surface area contributed by atoms with Crippen LogP contribution in [0.15, 0.2) is 41.8 Å². The molecule has 0 aliphatic heterocycles. The van der Waals surface area contributed by atoms with Gasteiger partial charge in [-0.05, 0) is 29.2 Å². The van der Waals surface area contributed by atoms with Gasteiger partial charge in [0.2, 0.25) is 0 Å². The van der Waals surface area contributed by atoms with Gasteiger partial charge in [-0.25, -0.2) is 4.57 Å². The lowest BCUT2D eigenvalue weighted by molar-refractivity contribution is -0.396. The number of imidazole rings is 1. The van der Waals surface area contributed by atoms with Crippen LogP contribution in [0.25, 0.3) is 10.9 Å². The molecule has 3 rings (SSSR count). The molecule has 0 radical (unpaired) electrons. The van der Waals surface area contributed by atoms with Crippen molar-refractivity contribution < 1.29 is 4.92 Å². The van der Waals surface area contributed by atoms with E-state index in [9.17, 15) is 10.1 Å². The predicted molar refractivity (Wildman–Crippen MR) is 87.8 cm³/mol. The molecule has 0 saturated heterocycles. The highest BCUT2D eigenvalue weighted by Gasteiger charge is 2.15. The fourth-order valence-electron chi connectivity index (χ4n) is 2.09. The third kappa shape index (κ3) is 2.97. The number of hydrogen-bond acceptors (Lipinski definition) is 6. The summed E-state index contributed by atoms with van der Waals surface area (Å²) in [6.45, 7) is 0. The van der Waals surface area contributed by atoms with Crippen LogP contribution in [0.5, 0.6) is 0 Å². The summed E-state index contributed by atoms with van der Waals surface area (Å²) in [5, 5.41) is 16.3. The van der Waals surface area contributed by atoms with Crippen molar-refractivity contribution in [3.05, 3.63) is 57.5 Å². The van der Waals surface area contributed by atoms with Crippen molar-refractivity contribution in [1.82, 2.24) is 14.5 Å². The van der Waals surface area contributed by atoms with Gasteiger partial charge >= 0.3 is 5.95 Å². The van der Waals surface area contributed by atoms with E-state index in [2.05, 4.69) is 20.5 Å². The Hall–Kier alpha value is -3.00. The smallest absolute Gasteiger partial charge is 0.390 e. The second kappa shape index (κ2) is 6.01. The van der Waals surface area contributed by atoms with Crippen LogP contribution in [0.1, 0.15) is 5.69 Å². The van der Waals surface area contributed by atoms with Crippen molar-refractivity contribution in [1.29, 1.82) is 0 Å². The molecule has 2 heterocycles. The quantitative estimate of drug-likeness (QED) is 0.450. The van der Waals surface area contributed by atoms with Gasteiger partial charge in [-0.15, -0.1) is 0 Å². The number of halogens is 1. The normalized spacial score (nSPS) is 11.2. The number of hydrogen-bond donors (Lipinski definition) is 1. The molecule has 0 fully saturated rings. The highest BCUT2D eigenvalue weighted by Crippen LogP contribution is 2.24. The van der Waals surface area contributed by atoms with Crippen LogP contribution >= 0.6 is 11.6 Å². The first-order valence-corrected chi connectivity index (χ1v) is 6.93. The van der Waals surface area contributed by atoms with Crippen LogP contribution in [0.4, 0.5) is 11.6 Å². The number of aromatic nitrogens is 3. The Morgan fingerprint density at radius 2 is 2.22 bits per heavy atom. The number of nitrogens with one attached hydrogen (secondary N) is 1. The van der Waals surface area contributed by atoms with Crippen molar-refractivity contribution in [2.45, 2.75) is 0 Å². The van der Waals surface area contributed by atoms with Gasteiger partial charge in [0, 0.05) is 16.6 Å². The molecule has 0 saturated carbocycles. The zero-order valence-electron chi connectivity index (χ0n) is 12.0. The Labute approximate surface area is 135 Å². The Bertz CT molecular complexity index is 921. The topological polar surface area (TPSA) is 98.2 Å². The lowest BCUT2D eigenvalue weighted by Crippen LogP contribution is -2.02. The molecule has 116 valence electrons. The van der Waals surface area contributed by atoms with Crippen molar-refractivity contribution in [3.8, 4) is 0 Å². The monoisotopic (exact) mass is 330 g/mol. The number of nitro groups is 1. The van der Waals surface area contributed by atoms with E-state index in [1.807, 2.05) is 6.07 Å². The van der Waals surface area contributed by atoms with Crippen molar-refractivity contribution in [3.63, 3.8) is 0 Å². The van der Waals surface area contributed by atoms with Crippen LogP contribution in [-0.4, -0.2) is 25.7 Å². The second-order valence-electron chi connectivity index (χ2n) is 4.69. The molecule has 9 heteroatoms. The molecule has 1 N–H and O–H groups in total. The van der Waals surface area contributed by atoms with Crippen molar-refractivity contribution in [2.75, 3.05) is 5.43 Å². The summed E-state index contributed by atoms with van der Waals surface area (Å²) in [5.41, 5.74) is 4.90. The summed E-state index contributed by atoms with van der Waals surface area (Å²) in [7, 11) is 1.55. The maximum atomic E-state index is 10.7. The van der Waals surface area contributed by atoms with Crippen LogP contribution in [0.2, 0.25) is 5.02 Å². The third-order valence-corrected chi connectivity index (χ3v) is 3.48. The minimum absolute atomic E-state index is 0.240. The Kier molecular flexibility index (Phi) is 3.90. The van der Waals surface area contributed by atoms with Gasteiger partial charge < -0.3 is 10.1 Å². The Morgan fingerprint density at radius 1 is 1.39 bits per heavy atom. The summed E-state index contributed by atoms with van der Waals surface area (Å²) in [6.07, 6.45) is 4.49. The van der Waals surface area contributed by atoms with Gasteiger partial charge in [0.1, 0.15) is 6.20 Å². The summed E-state index contributed by atoms with van der Waals surface area (Å²) in [4.78, 5) is 18.2. The van der Waals surface area contributed by atoms with Gasteiger partial charge in [-0.1, -0.05) is 16.6 Å². The fraction of sp³-hybridized carbons (Fsp3) is 0.0714.